The molecular formula is C10H10FNO. The summed E-state index contributed by atoms with van der Waals surface area (Å²) in [5.74, 6) is -0.504. The molecule has 0 spiro atoms. The molecule has 0 fully saturated rings. The average Bonchev–Trinajstić information content (AvgIpc) is 2.04. The van der Waals surface area contributed by atoms with Crippen molar-refractivity contribution < 1.29 is 9.18 Å². The van der Waals surface area contributed by atoms with Crippen LogP contribution in [0.3, 0.4) is 0 Å². The molecule has 0 radical (unpaired) electrons. The van der Waals surface area contributed by atoms with Gasteiger partial charge in [-0.1, -0.05) is 0 Å². The third-order valence-corrected chi connectivity index (χ3v) is 1.59. The van der Waals surface area contributed by atoms with Crippen molar-refractivity contribution in [2.75, 3.05) is 0 Å². The van der Waals surface area contributed by atoms with Gasteiger partial charge in [-0.15, -0.1) is 0 Å². The summed E-state index contributed by atoms with van der Waals surface area (Å²) in [6.07, 6.45) is 0.103. The fourth-order valence-corrected chi connectivity index (χ4v) is 0.979. The maximum Gasteiger partial charge on any atom is 0.168 e. The number of ketones is 1. The van der Waals surface area contributed by atoms with Crippen LogP contribution in [0.4, 0.5) is 4.39 Å². The summed E-state index contributed by atoms with van der Waals surface area (Å²) in [7, 11) is 0. The van der Waals surface area contributed by atoms with E-state index in [1.165, 1.54) is 24.3 Å². The lowest BCUT2D eigenvalue weighted by Crippen LogP contribution is -2.03. The summed E-state index contributed by atoms with van der Waals surface area (Å²) in [6, 6.07) is 5.35. The van der Waals surface area contributed by atoms with Crippen LogP contribution < -0.4 is 0 Å². The number of halogens is 1. The van der Waals surface area contributed by atoms with Crippen molar-refractivity contribution in [3.05, 3.63) is 35.6 Å². The van der Waals surface area contributed by atoms with Gasteiger partial charge >= 0.3 is 0 Å². The van der Waals surface area contributed by atoms with Gasteiger partial charge in [-0.3, -0.25) is 4.79 Å². The lowest BCUT2D eigenvalue weighted by molar-refractivity contribution is 0.100. The van der Waals surface area contributed by atoms with Crippen molar-refractivity contribution in [3.8, 4) is 0 Å². The second-order valence-electron chi connectivity index (χ2n) is 2.89. The molecule has 1 aromatic carbocycles. The molecule has 0 bridgehead atoms. The summed E-state index contributed by atoms with van der Waals surface area (Å²) in [5.41, 5.74) is 0.766. The summed E-state index contributed by atoms with van der Waals surface area (Å²) in [4.78, 5) is 11.3. The summed E-state index contributed by atoms with van der Waals surface area (Å²) >= 11 is 0. The molecule has 0 aliphatic rings. The van der Waals surface area contributed by atoms with Gasteiger partial charge in [-0.25, -0.2) is 4.39 Å². The zero-order valence-electron chi connectivity index (χ0n) is 7.30. The summed E-state index contributed by atoms with van der Waals surface area (Å²) in [5, 5.41) is 7.12. The van der Waals surface area contributed by atoms with Crippen LogP contribution in [0.2, 0.25) is 0 Å². The lowest BCUT2D eigenvalue weighted by Gasteiger charge is -1.98. The molecule has 0 aromatic heterocycles. The van der Waals surface area contributed by atoms with Crippen LogP contribution in [0.5, 0.6) is 0 Å². The zero-order valence-corrected chi connectivity index (χ0v) is 7.30. The molecular weight excluding hydrogens is 169 g/mol. The van der Waals surface area contributed by atoms with E-state index in [0.29, 0.717) is 11.3 Å². The van der Waals surface area contributed by atoms with Gasteiger partial charge in [0.15, 0.2) is 5.78 Å². The lowest BCUT2D eigenvalue weighted by atomic mass is 10.1. The van der Waals surface area contributed by atoms with Gasteiger partial charge in [-0.2, -0.15) is 0 Å². The predicted molar refractivity (Wildman–Crippen MR) is 48.7 cm³/mol. The fourth-order valence-electron chi connectivity index (χ4n) is 0.979. The molecule has 0 atom stereocenters. The topological polar surface area (TPSA) is 40.9 Å². The van der Waals surface area contributed by atoms with Gasteiger partial charge in [0.05, 0.1) is 0 Å². The number of hydrogen-bond donors (Lipinski definition) is 1. The van der Waals surface area contributed by atoms with Crippen LogP contribution in [0.15, 0.2) is 24.3 Å². The highest BCUT2D eigenvalue weighted by atomic mass is 19.1. The van der Waals surface area contributed by atoms with Gasteiger partial charge in [0.2, 0.25) is 0 Å². The van der Waals surface area contributed by atoms with E-state index in [2.05, 4.69) is 0 Å². The van der Waals surface area contributed by atoms with E-state index in [1.54, 1.807) is 6.92 Å². The van der Waals surface area contributed by atoms with E-state index in [0.717, 1.165) is 0 Å². The van der Waals surface area contributed by atoms with Crippen LogP contribution >= 0.6 is 0 Å². The number of Topliss-reactive ketones (excluding diaryl/α,β-unsaturated/α-hetero) is 1. The molecule has 3 heteroatoms. The number of carbonyl (C=O) groups is 1. The highest BCUT2D eigenvalue weighted by Crippen LogP contribution is 2.05. The highest BCUT2D eigenvalue weighted by Gasteiger charge is 2.05. The molecule has 0 amide bonds. The Kier molecular flexibility index (Phi) is 2.90. The number of hydrogen-bond acceptors (Lipinski definition) is 2. The Balaban J connectivity index is 2.78. The Morgan fingerprint density at radius 1 is 1.38 bits per heavy atom. The van der Waals surface area contributed by atoms with Crippen molar-refractivity contribution >= 4 is 11.5 Å². The molecule has 13 heavy (non-hydrogen) atoms. The van der Waals surface area contributed by atoms with Crippen LogP contribution in [0.1, 0.15) is 23.7 Å². The van der Waals surface area contributed by atoms with Gasteiger partial charge in [0.25, 0.3) is 0 Å². The van der Waals surface area contributed by atoms with Crippen molar-refractivity contribution in [2.24, 2.45) is 0 Å². The van der Waals surface area contributed by atoms with Crippen LogP contribution in [-0.4, -0.2) is 11.5 Å². The molecule has 0 unspecified atom stereocenters. The minimum absolute atomic E-state index is 0.103. The van der Waals surface area contributed by atoms with E-state index in [9.17, 15) is 9.18 Å². The van der Waals surface area contributed by atoms with Crippen molar-refractivity contribution in [2.45, 2.75) is 13.3 Å². The first-order valence-electron chi connectivity index (χ1n) is 3.92. The van der Waals surface area contributed by atoms with E-state index >= 15 is 0 Å². The van der Waals surface area contributed by atoms with Crippen molar-refractivity contribution in [1.82, 2.24) is 0 Å². The maximum atomic E-state index is 12.5. The third kappa shape index (κ3) is 2.78. The van der Waals surface area contributed by atoms with Crippen LogP contribution in [0.25, 0.3) is 0 Å². The molecule has 1 aromatic rings. The van der Waals surface area contributed by atoms with Crippen LogP contribution in [0, 0.1) is 11.2 Å². The number of benzene rings is 1. The normalized spacial score (nSPS) is 9.69. The minimum atomic E-state index is -0.358. The first-order valence-corrected chi connectivity index (χ1v) is 3.92. The molecule has 1 rings (SSSR count). The molecule has 0 saturated heterocycles. The number of carbonyl (C=O) groups excluding carboxylic acids is 1. The first kappa shape index (κ1) is 9.58. The van der Waals surface area contributed by atoms with Gasteiger partial charge in [0, 0.05) is 17.7 Å². The Labute approximate surface area is 75.9 Å². The third-order valence-electron chi connectivity index (χ3n) is 1.59. The Morgan fingerprint density at radius 3 is 2.38 bits per heavy atom. The predicted octanol–water partition coefficient (Wildman–Crippen LogP) is 2.44. The Hall–Kier alpha value is -1.51. The van der Waals surface area contributed by atoms with Crippen molar-refractivity contribution in [3.63, 3.8) is 0 Å². The van der Waals surface area contributed by atoms with E-state index in [4.69, 9.17) is 5.41 Å². The monoisotopic (exact) mass is 179 g/mol. The molecule has 0 aliphatic carbocycles. The maximum absolute atomic E-state index is 12.5. The smallest absolute Gasteiger partial charge is 0.168 e. The molecule has 0 saturated carbocycles. The second kappa shape index (κ2) is 3.94. The van der Waals surface area contributed by atoms with Crippen LogP contribution in [-0.2, 0) is 0 Å². The average molecular weight is 179 g/mol. The van der Waals surface area contributed by atoms with E-state index in [-0.39, 0.29) is 18.0 Å². The van der Waals surface area contributed by atoms with Gasteiger partial charge in [0.1, 0.15) is 5.82 Å². The van der Waals surface area contributed by atoms with E-state index in [1.807, 2.05) is 0 Å². The van der Waals surface area contributed by atoms with Gasteiger partial charge in [-0.05, 0) is 31.2 Å². The molecule has 68 valence electrons. The molecule has 1 N–H and O–H groups in total. The largest absolute Gasteiger partial charge is 0.310 e. The second-order valence-corrected chi connectivity index (χ2v) is 2.89. The number of nitrogens with one attached hydrogen (secondary N) is 1. The standard InChI is InChI=1S/C10H10FNO/c1-7(12)6-10(13)8-2-4-9(11)5-3-8/h2-5,12H,6H2,1H3. The fraction of sp³-hybridized carbons (Fsp3) is 0.200. The van der Waals surface area contributed by atoms with E-state index < -0.39 is 0 Å². The molecule has 2 nitrogen and oxygen atoms in total. The Bertz CT molecular complexity index is 329. The van der Waals surface area contributed by atoms with Gasteiger partial charge < -0.3 is 5.41 Å². The summed E-state index contributed by atoms with van der Waals surface area (Å²) < 4.78 is 12.5. The quantitative estimate of drug-likeness (QED) is 0.562. The molecule has 0 aliphatic heterocycles. The Morgan fingerprint density at radius 2 is 1.92 bits per heavy atom. The SMILES string of the molecule is CC(=N)CC(=O)c1ccc(F)cc1. The first-order chi connectivity index (χ1) is 6.09. The van der Waals surface area contributed by atoms with Crippen molar-refractivity contribution in [1.29, 1.82) is 5.41 Å². The summed E-state index contributed by atoms with van der Waals surface area (Å²) in [6.45, 7) is 1.57. The number of rotatable bonds is 3. The zero-order chi connectivity index (χ0) is 9.84. The minimum Gasteiger partial charge on any atom is -0.310 e. The molecule has 0 heterocycles. The highest BCUT2D eigenvalue weighted by molar-refractivity contribution is 6.08.